The third-order valence-corrected chi connectivity index (χ3v) is 8.59. The summed E-state index contributed by atoms with van der Waals surface area (Å²) in [5, 5.41) is 9.73. The highest BCUT2D eigenvalue weighted by atomic mass is 19.1. The van der Waals surface area contributed by atoms with Crippen molar-refractivity contribution >= 4 is 5.97 Å². The minimum Gasteiger partial charge on any atom is -0.497 e. The number of aryl methyl sites for hydroxylation is 1. The largest absolute Gasteiger partial charge is 0.497 e. The molecule has 0 heterocycles. The Morgan fingerprint density at radius 1 is 1.03 bits per heavy atom. The van der Waals surface area contributed by atoms with Crippen molar-refractivity contribution in [2.45, 2.75) is 64.6 Å². The Labute approximate surface area is 229 Å². The van der Waals surface area contributed by atoms with Crippen LogP contribution >= 0.6 is 0 Å². The van der Waals surface area contributed by atoms with E-state index in [2.05, 4.69) is 26.8 Å². The first-order valence-electron chi connectivity index (χ1n) is 13.6. The molecule has 6 heteroatoms. The molecule has 0 radical (unpaired) electrons. The maximum Gasteiger partial charge on any atom is 0.307 e. The summed E-state index contributed by atoms with van der Waals surface area (Å²) in [4.78, 5) is 11.8. The zero-order valence-electron chi connectivity index (χ0n) is 23.3. The van der Waals surface area contributed by atoms with Crippen LogP contribution < -0.4 is 9.47 Å². The lowest BCUT2D eigenvalue weighted by Crippen LogP contribution is -2.46. The number of halogens is 1. The molecular formula is C33H37FO5. The first-order chi connectivity index (χ1) is 18.6. The van der Waals surface area contributed by atoms with E-state index in [1.54, 1.807) is 26.4 Å². The smallest absolute Gasteiger partial charge is 0.307 e. The number of carbonyl (C=O) groups is 1. The van der Waals surface area contributed by atoms with E-state index in [1.165, 1.54) is 11.6 Å². The average molecular weight is 533 g/mol. The number of carboxylic acid groups (broad SMARTS) is 1. The Bertz CT molecular complexity index is 1390. The molecule has 3 aromatic rings. The summed E-state index contributed by atoms with van der Waals surface area (Å²) >= 11 is 0. The lowest BCUT2D eigenvalue weighted by atomic mass is 9.57. The van der Waals surface area contributed by atoms with Gasteiger partial charge in [0.25, 0.3) is 0 Å². The van der Waals surface area contributed by atoms with Gasteiger partial charge in [-0.15, -0.1) is 0 Å². The minimum atomic E-state index is -0.702. The van der Waals surface area contributed by atoms with Crippen molar-refractivity contribution in [2.24, 2.45) is 11.3 Å². The van der Waals surface area contributed by atoms with Gasteiger partial charge in [0.1, 0.15) is 23.9 Å². The fourth-order valence-corrected chi connectivity index (χ4v) is 6.55. The topological polar surface area (TPSA) is 65.0 Å². The van der Waals surface area contributed by atoms with Gasteiger partial charge < -0.3 is 19.3 Å². The number of aliphatic carboxylic acids is 1. The summed E-state index contributed by atoms with van der Waals surface area (Å²) in [6, 6.07) is 16.8. The summed E-state index contributed by atoms with van der Waals surface area (Å²) < 4.78 is 32.6. The van der Waals surface area contributed by atoms with Crippen LogP contribution in [-0.2, 0) is 28.0 Å². The summed E-state index contributed by atoms with van der Waals surface area (Å²) in [6.07, 6.45) is 3.16. The van der Waals surface area contributed by atoms with Gasteiger partial charge >= 0.3 is 5.97 Å². The third kappa shape index (κ3) is 4.91. The van der Waals surface area contributed by atoms with Gasteiger partial charge in [0, 0.05) is 18.1 Å². The fraction of sp³-hybridized carbons (Fsp3) is 0.424. The van der Waals surface area contributed by atoms with Crippen molar-refractivity contribution < 1.29 is 28.5 Å². The SMILES string of the molecule is COc1ccc(F)c(-c2ccc(COc3ccc4c(c3)[C@]3(CC4)CC[C@H]3C(=O)O)cc2[C@@H](OC)C(C)(C)C)c1. The lowest BCUT2D eigenvalue weighted by Gasteiger charge is -2.45. The molecule has 0 aromatic heterocycles. The molecule has 3 atom stereocenters. The molecule has 0 bridgehead atoms. The molecule has 206 valence electrons. The summed E-state index contributed by atoms with van der Waals surface area (Å²) in [5.74, 6) is -0.0285. The van der Waals surface area contributed by atoms with Crippen LogP contribution in [0, 0.1) is 17.2 Å². The molecule has 0 saturated heterocycles. The highest BCUT2D eigenvalue weighted by molar-refractivity contribution is 5.75. The van der Waals surface area contributed by atoms with Gasteiger partial charge in [-0.1, -0.05) is 39.0 Å². The molecule has 3 aromatic carbocycles. The molecular weight excluding hydrogens is 495 g/mol. The molecule has 0 unspecified atom stereocenters. The lowest BCUT2D eigenvalue weighted by molar-refractivity contribution is -0.149. The predicted molar refractivity (Wildman–Crippen MR) is 149 cm³/mol. The normalized spacial score (nSPS) is 20.8. The van der Waals surface area contributed by atoms with Gasteiger partial charge in [-0.3, -0.25) is 4.79 Å². The number of benzene rings is 3. The predicted octanol–water partition coefficient (Wildman–Crippen LogP) is 7.49. The Morgan fingerprint density at radius 3 is 2.44 bits per heavy atom. The molecule has 1 saturated carbocycles. The summed E-state index contributed by atoms with van der Waals surface area (Å²) in [6.45, 7) is 6.62. The van der Waals surface area contributed by atoms with Crippen LogP contribution in [0.5, 0.6) is 11.5 Å². The number of carboxylic acids is 1. The van der Waals surface area contributed by atoms with Crippen molar-refractivity contribution in [2.75, 3.05) is 14.2 Å². The van der Waals surface area contributed by atoms with Crippen LogP contribution in [0.1, 0.15) is 68.4 Å². The Kier molecular flexibility index (Phi) is 7.19. The van der Waals surface area contributed by atoms with Crippen molar-refractivity contribution in [1.82, 2.24) is 0 Å². The average Bonchev–Trinajstić information content (AvgIpc) is 3.27. The van der Waals surface area contributed by atoms with Crippen LogP contribution in [0.2, 0.25) is 0 Å². The number of hydrogen-bond donors (Lipinski definition) is 1. The highest BCUT2D eigenvalue weighted by Crippen LogP contribution is 2.57. The van der Waals surface area contributed by atoms with E-state index < -0.39 is 5.97 Å². The van der Waals surface area contributed by atoms with Crippen LogP contribution in [-0.4, -0.2) is 25.3 Å². The Hall–Kier alpha value is -3.38. The zero-order valence-corrected chi connectivity index (χ0v) is 23.3. The molecule has 0 aliphatic heterocycles. The fourth-order valence-electron chi connectivity index (χ4n) is 6.55. The Balaban J connectivity index is 1.46. The highest BCUT2D eigenvalue weighted by Gasteiger charge is 2.54. The molecule has 2 aliphatic rings. The zero-order chi connectivity index (χ0) is 27.9. The maximum atomic E-state index is 15.0. The second-order valence-electron chi connectivity index (χ2n) is 11.9. The van der Waals surface area contributed by atoms with Crippen molar-refractivity contribution in [3.63, 3.8) is 0 Å². The van der Waals surface area contributed by atoms with Gasteiger partial charge in [-0.2, -0.15) is 0 Å². The molecule has 5 nitrogen and oxygen atoms in total. The van der Waals surface area contributed by atoms with Gasteiger partial charge in [0.05, 0.1) is 19.1 Å². The second kappa shape index (κ2) is 10.3. The van der Waals surface area contributed by atoms with E-state index in [4.69, 9.17) is 14.2 Å². The first kappa shape index (κ1) is 27.2. The minimum absolute atomic E-state index is 0.240. The van der Waals surface area contributed by atoms with E-state index in [9.17, 15) is 9.90 Å². The van der Waals surface area contributed by atoms with Crippen LogP contribution in [0.4, 0.5) is 4.39 Å². The Morgan fingerprint density at radius 2 is 1.79 bits per heavy atom. The molecule has 0 amide bonds. The number of hydrogen-bond acceptors (Lipinski definition) is 4. The number of rotatable bonds is 8. The number of ether oxygens (including phenoxy) is 3. The van der Waals surface area contributed by atoms with Gasteiger partial charge in [-0.05, 0) is 95.3 Å². The number of fused-ring (bicyclic) bond motifs is 2. The van der Waals surface area contributed by atoms with Crippen molar-refractivity contribution in [1.29, 1.82) is 0 Å². The van der Waals surface area contributed by atoms with E-state index >= 15 is 4.39 Å². The summed E-state index contributed by atoms with van der Waals surface area (Å²) in [7, 11) is 3.25. The van der Waals surface area contributed by atoms with Crippen LogP contribution in [0.25, 0.3) is 11.1 Å². The maximum absolute atomic E-state index is 15.0. The molecule has 5 rings (SSSR count). The second-order valence-corrected chi connectivity index (χ2v) is 11.9. The first-order valence-corrected chi connectivity index (χ1v) is 13.6. The standard InChI is InChI=1S/C33H37FO5/c1-32(2,3)30(38-5)26-16-20(6-10-24(26)25-17-22(37-4)9-11-29(25)34)19-39-23-8-7-21-12-14-33(28(21)18-23)15-13-27(33)31(35)36/h6-11,16-18,27,30H,12-15,19H2,1-5H3,(H,35,36)/t27-,30+,33+/m0/s1. The van der Waals surface area contributed by atoms with Crippen LogP contribution in [0.3, 0.4) is 0 Å². The monoisotopic (exact) mass is 532 g/mol. The molecule has 2 aliphatic carbocycles. The van der Waals surface area contributed by atoms with Gasteiger partial charge in [0.15, 0.2) is 0 Å². The summed E-state index contributed by atoms with van der Waals surface area (Å²) in [5.41, 5.74) is 4.89. The van der Waals surface area contributed by atoms with E-state index in [1.807, 2.05) is 30.3 Å². The van der Waals surface area contributed by atoms with Gasteiger partial charge in [-0.25, -0.2) is 4.39 Å². The third-order valence-electron chi connectivity index (χ3n) is 8.59. The van der Waals surface area contributed by atoms with E-state index in [0.29, 0.717) is 17.9 Å². The van der Waals surface area contributed by atoms with Gasteiger partial charge in [0.2, 0.25) is 0 Å². The van der Waals surface area contributed by atoms with E-state index in [0.717, 1.165) is 53.7 Å². The number of methoxy groups -OCH3 is 2. The molecule has 1 fully saturated rings. The van der Waals surface area contributed by atoms with Crippen LogP contribution in [0.15, 0.2) is 54.6 Å². The molecule has 1 N–H and O–H groups in total. The van der Waals surface area contributed by atoms with Crippen molar-refractivity contribution in [3.8, 4) is 22.6 Å². The quantitative estimate of drug-likeness (QED) is 0.326. The molecule has 1 spiro atoms. The molecule has 39 heavy (non-hydrogen) atoms. The van der Waals surface area contributed by atoms with E-state index in [-0.39, 0.29) is 28.7 Å². The van der Waals surface area contributed by atoms with Crippen molar-refractivity contribution in [3.05, 3.63) is 82.7 Å².